The Labute approximate surface area is 180 Å². The number of carbonyl (C=O) groups is 1. The monoisotopic (exact) mass is 454 g/mol. The number of carbonyl (C=O) groups excluding carboxylic acids is 1. The van der Waals surface area contributed by atoms with Gasteiger partial charge in [-0.15, -0.1) is 0 Å². The zero-order valence-electron chi connectivity index (χ0n) is 16.9. The van der Waals surface area contributed by atoms with Crippen LogP contribution in [0.25, 0.3) is 11.2 Å². The van der Waals surface area contributed by atoms with E-state index in [1.807, 2.05) is 47.5 Å². The average Bonchev–Trinajstić information content (AvgIpc) is 3.37. The van der Waals surface area contributed by atoms with Gasteiger partial charge < -0.3 is 9.47 Å². The first-order valence-electron chi connectivity index (χ1n) is 10.5. The number of imidazole rings is 1. The minimum Gasteiger partial charge on any atom is -0.331 e. The third kappa shape index (κ3) is 4.37. The molecular formula is C23H27BrN4O. The zero-order valence-corrected chi connectivity index (χ0v) is 18.4. The van der Waals surface area contributed by atoms with Crippen molar-refractivity contribution < 1.29 is 4.79 Å². The summed E-state index contributed by atoms with van der Waals surface area (Å²) in [5.74, 6) is 1.00. The molecule has 1 fully saturated rings. The molecule has 0 atom stereocenters. The lowest BCUT2D eigenvalue weighted by atomic mass is 10.2. The van der Waals surface area contributed by atoms with Crippen LogP contribution in [0.2, 0.25) is 0 Å². The highest BCUT2D eigenvalue weighted by Gasteiger charge is 2.26. The maximum absolute atomic E-state index is 13.3. The molecule has 3 aromatic rings. The van der Waals surface area contributed by atoms with Gasteiger partial charge in [0.25, 0.3) is 5.91 Å². The highest BCUT2D eigenvalue weighted by atomic mass is 79.9. The van der Waals surface area contributed by atoms with Gasteiger partial charge in [-0.25, -0.2) is 9.97 Å². The molecular weight excluding hydrogens is 428 g/mol. The fourth-order valence-corrected chi connectivity index (χ4v) is 4.61. The van der Waals surface area contributed by atoms with Crippen LogP contribution in [0.5, 0.6) is 0 Å². The van der Waals surface area contributed by atoms with Crippen LogP contribution in [0, 0.1) is 0 Å². The van der Waals surface area contributed by atoms with Gasteiger partial charge in [0.05, 0.1) is 6.54 Å². The van der Waals surface area contributed by atoms with E-state index in [-0.39, 0.29) is 5.91 Å². The molecule has 1 aliphatic carbocycles. The predicted molar refractivity (Wildman–Crippen MR) is 119 cm³/mol. The van der Waals surface area contributed by atoms with Gasteiger partial charge in [0.15, 0.2) is 5.65 Å². The predicted octanol–water partition coefficient (Wildman–Crippen LogP) is 5.75. The molecule has 1 aromatic carbocycles. The van der Waals surface area contributed by atoms with E-state index in [0.717, 1.165) is 53.7 Å². The number of pyridine rings is 1. The summed E-state index contributed by atoms with van der Waals surface area (Å²) in [5, 5.41) is 0. The van der Waals surface area contributed by atoms with Gasteiger partial charge >= 0.3 is 0 Å². The Morgan fingerprint density at radius 3 is 2.83 bits per heavy atom. The Bertz CT molecular complexity index is 993. The quantitative estimate of drug-likeness (QED) is 0.456. The molecule has 1 aliphatic rings. The molecule has 0 unspecified atom stereocenters. The molecule has 5 nitrogen and oxygen atoms in total. The number of rotatable bonds is 7. The molecule has 0 radical (unpaired) electrons. The van der Waals surface area contributed by atoms with E-state index in [2.05, 4.69) is 32.4 Å². The van der Waals surface area contributed by atoms with Crippen LogP contribution in [0.4, 0.5) is 0 Å². The van der Waals surface area contributed by atoms with Crippen molar-refractivity contribution in [2.45, 2.75) is 58.0 Å². The molecule has 0 aliphatic heterocycles. The maximum atomic E-state index is 13.3. The molecule has 29 heavy (non-hydrogen) atoms. The minimum atomic E-state index is 0.0535. The Morgan fingerprint density at radius 2 is 2.07 bits per heavy atom. The van der Waals surface area contributed by atoms with Gasteiger partial charge in [-0.2, -0.15) is 0 Å². The first-order valence-corrected chi connectivity index (χ1v) is 11.3. The van der Waals surface area contributed by atoms with Gasteiger partial charge in [-0.05, 0) is 49.6 Å². The number of halogens is 1. The van der Waals surface area contributed by atoms with Crippen molar-refractivity contribution in [3.05, 3.63) is 58.5 Å². The number of amides is 1. The molecule has 1 amide bonds. The normalized spacial score (nSPS) is 14.6. The van der Waals surface area contributed by atoms with Crippen molar-refractivity contribution in [1.29, 1.82) is 0 Å². The number of unbranched alkanes of at least 4 members (excludes halogenated alkanes) is 1. The molecule has 0 bridgehead atoms. The Kier molecular flexibility index (Phi) is 6.28. The van der Waals surface area contributed by atoms with Gasteiger partial charge in [0.1, 0.15) is 11.3 Å². The lowest BCUT2D eigenvalue weighted by Gasteiger charge is -2.24. The summed E-state index contributed by atoms with van der Waals surface area (Å²) in [5.41, 5.74) is 2.57. The summed E-state index contributed by atoms with van der Waals surface area (Å²) in [4.78, 5) is 24.8. The summed E-state index contributed by atoms with van der Waals surface area (Å²) in [6.45, 7) is 3.39. The number of hydrogen-bond acceptors (Lipinski definition) is 3. The minimum absolute atomic E-state index is 0.0535. The number of fused-ring (bicyclic) bond motifs is 1. The van der Waals surface area contributed by atoms with E-state index in [9.17, 15) is 4.79 Å². The van der Waals surface area contributed by atoms with E-state index >= 15 is 0 Å². The maximum Gasteiger partial charge on any atom is 0.254 e. The first kappa shape index (κ1) is 20.1. The largest absolute Gasteiger partial charge is 0.331 e. The van der Waals surface area contributed by atoms with Gasteiger partial charge in [-0.1, -0.05) is 48.2 Å². The van der Waals surface area contributed by atoms with Crippen molar-refractivity contribution in [1.82, 2.24) is 19.4 Å². The van der Waals surface area contributed by atoms with Crippen molar-refractivity contribution in [2.75, 3.05) is 6.54 Å². The van der Waals surface area contributed by atoms with Crippen molar-refractivity contribution in [3.8, 4) is 0 Å². The molecule has 152 valence electrons. The second-order valence-electron chi connectivity index (χ2n) is 7.77. The molecule has 2 heterocycles. The smallest absolute Gasteiger partial charge is 0.254 e. The Balaban J connectivity index is 1.69. The van der Waals surface area contributed by atoms with E-state index in [0.29, 0.717) is 18.2 Å². The fourth-order valence-electron chi connectivity index (χ4n) is 4.21. The summed E-state index contributed by atoms with van der Waals surface area (Å²) in [6.07, 6.45) is 8.65. The molecule has 6 heteroatoms. The van der Waals surface area contributed by atoms with E-state index in [1.165, 1.54) is 12.8 Å². The molecule has 1 saturated carbocycles. The van der Waals surface area contributed by atoms with Crippen LogP contribution in [0.3, 0.4) is 0 Å². The zero-order chi connectivity index (χ0) is 20.2. The van der Waals surface area contributed by atoms with Crippen LogP contribution in [0.1, 0.15) is 67.7 Å². The highest BCUT2D eigenvalue weighted by Crippen LogP contribution is 2.33. The van der Waals surface area contributed by atoms with E-state index < -0.39 is 0 Å². The second-order valence-corrected chi connectivity index (χ2v) is 8.69. The lowest BCUT2D eigenvalue weighted by molar-refractivity contribution is 0.0734. The SMILES string of the molecule is CCCCN(Cc1nc2cccnc2n1C1CCCC1)C(=O)c1cccc(Br)c1. The van der Waals surface area contributed by atoms with Crippen LogP contribution in [-0.2, 0) is 6.54 Å². The van der Waals surface area contributed by atoms with Gasteiger partial charge in [0, 0.05) is 28.8 Å². The molecule has 0 N–H and O–H groups in total. The summed E-state index contributed by atoms with van der Waals surface area (Å²) in [6, 6.07) is 12.0. The Morgan fingerprint density at radius 1 is 1.24 bits per heavy atom. The first-order chi connectivity index (χ1) is 14.2. The molecule has 2 aromatic heterocycles. The number of benzene rings is 1. The van der Waals surface area contributed by atoms with Crippen molar-refractivity contribution in [3.63, 3.8) is 0 Å². The van der Waals surface area contributed by atoms with Crippen LogP contribution in [0.15, 0.2) is 47.1 Å². The summed E-state index contributed by atoms with van der Waals surface area (Å²) in [7, 11) is 0. The third-order valence-corrected chi connectivity index (χ3v) is 6.18. The molecule has 4 rings (SSSR count). The number of nitrogens with zero attached hydrogens (tertiary/aromatic N) is 4. The molecule has 0 saturated heterocycles. The van der Waals surface area contributed by atoms with Crippen molar-refractivity contribution in [2.24, 2.45) is 0 Å². The second kappa shape index (κ2) is 9.08. The van der Waals surface area contributed by atoms with E-state index in [1.54, 1.807) is 0 Å². The third-order valence-electron chi connectivity index (χ3n) is 5.68. The topological polar surface area (TPSA) is 51.0 Å². The summed E-state index contributed by atoms with van der Waals surface area (Å²) < 4.78 is 3.22. The Hall–Kier alpha value is -2.21. The highest BCUT2D eigenvalue weighted by molar-refractivity contribution is 9.10. The molecule has 0 spiro atoms. The number of aromatic nitrogens is 3. The van der Waals surface area contributed by atoms with Crippen molar-refractivity contribution >= 4 is 33.0 Å². The lowest BCUT2D eigenvalue weighted by Crippen LogP contribution is -2.33. The summed E-state index contributed by atoms with van der Waals surface area (Å²) >= 11 is 3.48. The standard InChI is InChI=1S/C23H27BrN4O/c1-2-3-14-27(23(29)17-8-6-9-18(24)15-17)16-21-26-20-12-7-13-25-22(20)28(21)19-10-4-5-11-19/h6-9,12-13,15,19H,2-5,10-11,14,16H2,1H3. The van der Waals surface area contributed by atoms with Gasteiger partial charge in [0.2, 0.25) is 0 Å². The fraction of sp³-hybridized carbons (Fsp3) is 0.435. The number of hydrogen-bond donors (Lipinski definition) is 0. The van der Waals surface area contributed by atoms with Gasteiger partial charge in [-0.3, -0.25) is 4.79 Å². The van der Waals surface area contributed by atoms with E-state index in [4.69, 9.17) is 4.98 Å². The average molecular weight is 455 g/mol. The van der Waals surface area contributed by atoms with Crippen LogP contribution >= 0.6 is 15.9 Å². The van der Waals surface area contributed by atoms with Crippen LogP contribution in [-0.4, -0.2) is 31.9 Å². The van der Waals surface area contributed by atoms with Crippen LogP contribution < -0.4 is 0 Å².